The van der Waals surface area contributed by atoms with E-state index in [1.165, 1.54) is 59.8 Å². The van der Waals surface area contributed by atoms with Crippen molar-refractivity contribution in [2.45, 2.75) is 61.4 Å². The van der Waals surface area contributed by atoms with Crippen LogP contribution in [0.25, 0.3) is 0 Å². The van der Waals surface area contributed by atoms with Crippen molar-refractivity contribution >= 4 is 15.7 Å². The average molecular weight is 523 g/mol. The Morgan fingerprint density at radius 2 is 1.57 bits per heavy atom. The van der Waals surface area contributed by atoms with E-state index in [4.69, 9.17) is 4.74 Å². The summed E-state index contributed by atoms with van der Waals surface area (Å²) in [4.78, 5) is 2.68. The third-order valence-corrected chi connectivity index (χ3v) is 9.83. The van der Waals surface area contributed by atoms with Crippen molar-refractivity contribution in [3.8, 4) is 5.75 Å². The summed E-state index contributed by atoms with van der Waals surface area (Å²) < 4.78 is 48.4. The van der Waals surface area contributed by atoms with Crippen molar-refractivity contribution in [3.63, 3.8) is 0 Å². The predicted octanol–water partition coefficient (Wildman–Crippen LogP) is 6.22. The van der Waals surface area contributed by atoms with Gasteiger partial charge < -0.3 is 4.74 Å². The maximum Gasteiger partial charge on any atom is 0.264 e. The van der Waals surface area contributed by atoms with Crippen LogP contribution in [-0.2, 0) is 10.0 Å². The fourth-order valence-corrected chi connectivity index (χ4v) is 7.80. The zero-order valence-corrected chi connectivity index (χ0v) is 22.1. The van der Waals surface area contributed by atoms with Gasteiger partial charge in [-0.2, -0.15) is 0 Å². The van der Waals surface area contributed by atoms with E-state index in [9.17, 15) is 12.8 Å². The number of ether oxygens (including phenoxy) is 1. The van der Waals surface area contributed by atoms with Gasteiger partial charge in [-0.25, -0.2) is 12.8 Å². The van der Waals surface area contributed by atoms with Crippen LogP contribution in [0, 0.1) is 5.82 Å². The van der Waals surface area contributed by atoms with Crippen molar-refractivity contribution in [2.24, 2.45) is 0 Å². The van der Waals surface area contributed by atoms with Gasteiger partial charge in [0.05, 0.1) is 17.7 Å². The Bertz CT molecular complexity index is 1280. The second-order valence-corrected chi connectivity index (χ2v) is 11.9. The molecule has 2 aliphatic rings. The van der Waals surface area contributed by atoms with Crippen molar-refractivity contribution in [1.82, 2.24) is 4.90 Å². The second kappa shape index (κ2) is 11.2. The number of likely N-dealkylation sites (tertiary alicyclic amines) is 1. The number of nitrogens with zero attached hydrogens (tertiary/aromatic N) is 2. The van der Waals surface area contributed by atoms with Gasteiger partial charge >= 0.3 is 0 Å². The molecule has 5 nitrogen and oxygen atoms in total. The third kappa shape index (κ3) is 5.53. The van der Waals surface area contributed by atoms with Gasteiger partial charge in [-0.3, -0.25) is 9.21 Å². The lowest BCUT2D eigenvalue weighted by molar-refractivity contribution is 0.107. The molecule has 2 unspecified atom stereocenters. The van der Waals surface area contributed by atoms with Gasteiger partial charge in [-0.1, -0.05) is 49.2 Å². The topological polar surface area (TPSA) is 49.9 Å². The first kappa shape index (κ1) is 25.7. The summed E-state index contributed by atoms with van der Waals surface area (Å²) in [5, 5.41) is 0. The first-order valence-corrected chi connectivity index (χ1v) is 14.6. The summed E-state index contributed by atoms with van der Waals surface area (Å²) in [7, 11) is -2.33. The quantitative estimate of drug-likeness (QED) is 0.370. The van der Waals surface area contributed by atoms with Crippen LogP contribution in [0.15, 0.2) is 83.8 Å². The molecular formula is C30H35FN2O3S. The monoisotopic (exact) mass is 522 g/mol. The molecule has 2 fully saturated rings. The van der Waals surface area contributed by atoms with E-state index in [1.807, 2.05) is 18.2 Å². The van der Waals surface area contributed by atoms with Crippen LogP contribution in [0.3, 0.4) is 0 Å². The van der Waals surface area contributed by atoms with Crippen molar-refractivity contribution in [1.29, 1.82) is 0 Å². The molecule has 0 aromatic heterocycles. The molecule has 1 heterocycles. The van der Waals surface area contributed by atoms with E-state index in [-0.39, 0.29) is 10.9 Å². The van der Waals surface area contributed by atoms with Crippen LogP contribution in [0.4, 0.5) is 10.1 Å². The van der Waals surface area contributed by atoms with Crippen LogP contribution in [0.5, 0.6) is 5.75 Å². The highest BCUT2D eigenvalue weighted by Crippen LogP contribution is 2.39. The van der Waals surface area contributed by atoms with Crippen LogP contribution in [-0.4, -0.2) is 45.6 Å². The zero-order valence-electron chi connectivity index (χ0n) is 21.3. The Kier molecular flexibility index (Phi) is 7.81. The van der Waals surface area contributed by atoms with Crippen LogP contribution >= 0.6 is 0 Å². The number of sulfonamides is 1. The number of hydrogen-bond donors (Lipinski definition) is 0. The molecule has 3 aromatic rings. The molecule has 196 valence electrons. The lowest BCUT2D eigenvalue weighted by atomic mass is 9.78. The fourth-order valence-electron chi connectivity index (χ4n) is 6.10. The molecule has 1 aliphatic carbocycles. The number of anilines is 1. The van der Waals surface area contributed by atoms with Crippen molar-refractivity contribution < 1.29 is 17.5 Å². The standard InChI is InChI=1S/C30H35FN2O3S/c1-36-27-11-7-10-26(22-27)33(37(34,35)28-16-14-24(31)15-17-28)25-18-20-32(21-19-25)30-13-6-5-12-29(30)23-8-3-2-4-9-23/h2-4,7-11,14-17,22,25,29-30H,5-6,12-13,18-21H2,1H3. The summed E-state index contributed by atoms with van der Waals surface area (Å²) in [5.74, 6) is 0.659. The largest absolute Gasteiger partial charge is 0.497 e. The van der Waals surface area contributed by atoms with E-state index in [0.29, 0.717) is 23.4 Å². The molecule has 0 amide bonds. The first-order valence-electron chi connectivity index (χ1n) is 13.2. The van der Waals surface area contributed by atoms with E-state index < -0.39 is 15.8 Å². The number of hydrogen-bond acceptors (Lipinski definition) is 4. The molecule has 1 saturated heterocycles. The molecule has 1 aliphatic heterocycles. The van der Waals surface area contributed by atoms with Gasteiger partial charge in [0.15, 0.2) is 0 Å². The average Bonchev–Trinajstić information content (AvgIpc) is 2.94. The molecule has 0 radical (unpaired) electrons. The Labute approximate surface area is 219 Å². The fraction of sp³-hybridized carbons (Fsp3) is 0.400. The molecule has 0 spiro atoms. The van der Waals surface area contributed by atoms with Crippen molar-refractivity contribution in [3.05, 3.63) is 90.2 Å². The van der Waals surface area contributed by atoms with Crippen LogP contribution in [0.2, 0.25) is 0 Å². The first-order chi connectivity index (χ1) is 18.0. The van der Waals surface area contributed by atoms with Gasteiger partial charge in [0.1, 0.15) is 11.6 Å². The highest BCUT2D eigenvalue weighted by atomic mass is 32.2. The van der Waals surface area contributed by atoms with Gasteiger partial charge in [-0.15, -0.1) is 0 Å². The second-order valence-electron chi connectivity index (χ2n) is 10.1. The summed E-state index contributed by atoms with van der Waals surface area (Å²) in [6.07, 6.45) is 6.33. The lowest BCUT2D eigenvalue weighted by Gasteiger charge is -2.45. The summed E-state index contributed by atoms with van der Waals surface area (Å²) in [6.45, 7) is 1.69. The minimum Gasteiger partial charge on any atom is -0.497 e. The van der Waals surface area contributed by atoms with E-state index >= 15 is 0 Å². The Balaban J connectivity index is 1.40. The summed E-state index contributed by atoms with van der Waals surface area (Å²) >= 11 is 0. The Morgan fingerprint density at radius 1 is 0.865 bits per heavy atom. The minimum absolute atomic E-state index is 0.0931. The van der Waals surface area contributed by atoms with Gasteiger partial charge in [0.25, 0.3) is 10.0 Å². The molecule has 0 bridgehead atoms. The Morgan fingerprint density at radius 3 is 2.27 bits per heavy atom. The Hall–Kier alpha value is -2.90. The molecule has 5 rings (SSSR count). The van der Waals surface area contributed by atoms with E-state index in [1.54, 1.807) is 13.2 Å². The molecular weight excluding hydrogens is 487 g/mol. The number of halogens is 1. The molecule has 37 heavy (non-hydrogen) atoms. The van der Waals surface area contributed by atoms with Crippen molar-refractivity contribution in [2.75, 3.05) is 24.5 Å². The van der Waals surface area contributed by atoms with E-state index in [2.05, 4.69) is 35.2 Å². The smallest absolute Gasteiger partial charge is 0.264 e. The predicted molar refractivity (Wildman–Crippen MR) is 145 cm³/mol. The highest BCUT2D eigenvalue weighted by molar-refractivity contribution is 7.92. The molecule has 2 atom stereocenters. The van der Waals surface area contributed by atoms with Gasteiger partial charge in [0, 0.05) is 31.2 Å². The number of piperidine rings is 1. The SMILES string of the molecule is COc1cccc(N(C2CCN(C3CCCCC3c3ccccc3)CC2)S(=O)(=O)c2ccc(F)cc2)c1. The van der Waals surface area contributed by atoms with Crippen LogP contribution < -0.4 is 9.04 Å². The minimum atomic E-state index is -3.90. The maximum absolute atomic E-state index is 13.9. The normalized spacial score (nSPS) is 21.5. The lowest BCUT2D eigenvalue weighted by Crippen LogP contribution is -2.51. The highest BCUT2D eigenvalue weighted by Gasteiger charge is 2.38. The third-order valence-electron chi connectivity index (χ3n) is 7.94. The zero-order chi connectivity index (χ0) is 25.8. The summed E-state index contributed by atoms with van der Waals surface area (Å²) in [5.41, 5.74) is 1.98. The van der Waals surface area contributed by atoms with Crippen LogP contribution in [0.1, 0.15) is 50.0 Å². The number of rotatable bonds is 7. The van der Waals surface area contributed by atoms with Gasteiger partial charge in [0.2, 0.25) is 0 Å². The number of benzene rings is 3. The molecule has 0 N–H and O–H groups in total. The maximum atomic E-state index is 13.9. The molecule has 7 heteroatoms. The van der Waals surface area contributed by atoms with E-state index in [0.717, 1.165) is 25.9 Å². The number of methoxy groups -OCH3 is 1. The molecule has 1 saturated carbocycles. The van der Waals surface area contributed by atoms with Gasteiger partial charge in [-0.05, 0) is 73.6 Å². The summed E-state index contributed by atoms with van der Waals surface area (Å²) in [6, 6.07) is 23.4. The molecule has 3 aromatic carbocycles.